The number of ether oxygens (including phenoxy) is 2. The number of aryl methyl sites for hydroxylation is 1. The highest BCUT2D eigenvalue weighted by molar-refractivity contribution is 7.92. The maximum Gasteiger partial charge on any atom is 0.276 e. The molecule has 2 aliphatic heterocycles. The van der Waals surface area contributed by atoms with Crippen molar-refractivity contribution in [2.75, 3.05) is 55.6 Å². The first-order chi connectivity index (χ1) is 19.8. The minimum atomic E-state index is -4.15. The molecule has 41 heavy (non-hydrogen) atoms. The average molecular weight is 578 g/mol. The van der Waals surface area contributed by atoms with Crippen molar-refractivity contribution in [3.8, 4) is 5.75 Å². The lowest BCUT2D eigenvalue weighted by Gasteiger charge is -2.26. The minimum Gasteiger partial charge on any atom is -0.492 e. The summed E-state index contributed by atoms with van der Waals surface area (Å²) in [6, 6.07) is 19.9. The van der Waals surface area contributed by atoms with Crippen LogP contribution in [-0.4, -0.2) is 76.8 Å². The summed E-state index contributed by atoms with van der Waals surface area (Å²) >= 11 is 0. The first-order valence-corrected chi connectivity index (χ1v) is 14.6. The number of amides is 2. The summed E-state index contributed by atoms with van der Waals surface area (Å²) in [7, 11) is -4.15. The quantitative estimate of drug-likeness (QED) is 0.354. The van der Waals surface area contributed by atoms with Gasteiger partial charge < -0.3 is 14.8 Å². The van der Waals surface area contributed by atoms with Crippen LogP contribution in [0.5, 0.6) is 5.75 Å². The van der Waals surface area contributed by atoms with Gasteiger partial charge in [-0.25, -0.2) is 13.8 Å². The third-order valence-corrected chi connectivity index (χ3v) is 8.53. The van der Waals surface area contributed by atoms with Crippen LogP contribution in [0.15, 0.2) is 82.8 Å². The fourth-order valence-electron chi connectivity index (χ4n) is 4.48. The Morgan fingerprint density at radius 1 is 1.05 bits per heavy atom. The topological polar surface area (TPSA) is 130 Å². The van der Waals surface area contributed by atoms with E-state index in [1.54, 1.807) is 60.7 Å². The van der Waals surface area contributed by atoms with Crippen molar-refractivity contribution in [3.05, 3.63) is 83.9 Å². The van der Waals surface area contributed by atoms with Crippen molar-refractivity contribution in [2.45, 2.75) is 11.8 Å². The molecule has 2 amide bonds. The van der Waals surface area contributed by atoms with E-state index < -0.39 is 28.4 Å². The molecule has 1 saturated heterocycles. The predicted octanol–water partition coefficient (Wildman–Crippen LogP) is 2.37. The number of hydrazone groups is 1. The van der Waals surface area contributed by atoms with E-state index in [2.05, 4.69) is 20.7 Å². The van der Waals surface area contributed by atoms with E-state index in [1.165, 1.54) is 12.1 Å². The molecule has 0 spiro atoms. The van der Waals surface area contributed by atoms with Gasteiger partial charge in [-0.15, -0.1) is 0 Å². The zero-order valence-electron chi connectivity index (χ0n) is 22.6. The van der Waals surface area contributed by atoms with Crippen molar-refractivity contribution in [3.63, 3.8) is 0 Å². The number of carbonyl (C=O) groups excluding carboxylic acids is 2. The molecule has 12 heteroatoms. The molecule has 0 bridgehead atoms. The van der Waals surface area contributed by atoms with Crippen LogP contribution >= 0.6 is 0 Å². The summed E-state index contributed by atoms with van der Waals surface area (Å²) in [5, 5.41) is 6.67. The Labute approximate surface area is 238 Å². The van der Waals surface area contributed by atoms with E-state index in [0.29, 0.717) is 42.5 Å². The number of morpholine rings is 1. The van der Waals surface area contributed by atoms with Crippen molar-refractivity contribution in [2.24, 2.45) is 5.10 Å². The van der Waals surface area contributed by atoms with Crippen LogP contribution in [-0.2, 0) is 24.3 Å². The van der Waals surface area contributed by atoms with Gasteiger partial charge >= 0.3 is 0 Å². The summed E-state index contributed by atoms with van der Waals surface area (Å²) in [5.41, 5.74) is 4.77. The van der Waals surface area contributed by atoms with Gasteiger partial charge in [0.25, 0.3) is 21.8 Å². The molecule has 2 N–H and O–H groups in total. The van der Waals surface area contributed by atoms with Crippen LogP contribution < -0.4 is 19.8 Å². The van der Waals surface area contributed by atoms with Crippen LogP contribution in [0, 0.1) is 6.92 Å². The Morgan fingerprint density at radius 2 is 1.76 bits per heavy atom. The molecule has 0 aromatic heterocycles. The SMILES string of the molecule is Cc1ccc(N(CC(=O)N/N=C2\C(=O)Nc3ccccc32)S(=O)(=O)c2ccc(OCCN3CCOCC3)cc2)cc1. The number of hydrogen-bond donors (Lipinski definition) is 2. The number of carbonyl (C=O) groups is 2. The van der Waals surface area contributed by atoms with Gasteiger partial charge in [0.05, 0.1) is 29.5 Å². The van der Waals surface area contributed by atoms with E-state index >= 15 is 0 Å². The number of anilines is 2. The van der Waals surface area contributed by atoms with Gasteiger partial charge in [-0.05, 0) is 49.4 Å². The van der Waals surface area contributed by atoms with Crippen LogP contribution in [0.25, 0.3) is 0 Å². The highest BCUT2D eigenvalue weighted by Gasteiger charge is 2.29. The number of rotatable bonds is 10. The van der Waals surface area contributed by atoms with Crippen LogP contribution in [0.1, 0.15) is 11.1 Å². The lowest BCUT2D eigenvalue weighted by molar-refractivity contribution is -0.119. The molecular weight excluding hydrogens is 546 g/mol. The van der Waals surface area contributed by atoms with Crippen molar-refractivity contribution in [1.29, 1.82) is 0 Å². The molecular formula is C29H31N5O6S. The normalized spacial score (nSPS) is 16.2. The standard InChI is InChI=1S/C29H31N5O6S/c1-21-6-8-22(9-7-21)34(20-27(35)31-32-28-25-4-2-3-5-26(25)30-29(28)36)41(37,38)24-12-10-23(11-13-24)40-19-16-33-14-17-39-18-15-33/h2-13H,14-20H2,1H3,(H,31,35)(H,30,32,36). The number of nitrogens with one attached hydrogen (secondary N) is 2. The molecule has 2 aliphatic rings. The van der Waals surface area contributed by atoms with Crippen molar-refractivity contribution >= 4 is 38.9 Å². The Balaban J connectivity index is 1.30. The van der Waals surface area contributed by atoms with Crippen molar-refractivity contribution < 1.29 is 27.5 Å². The number of sulfonamides is 1. The second-order valence-electron chi connectivity index (χ2n) is 9.62. The van der Waals surface area contributed by atoms with Gasteiger partial charge in [-0.2, -0.15) is 5.10 Å². The number of fused-ring (bicyclic) bond motifs is 1. The lowest BCUT2D eigenvalue weighted by Crippen LogP contribution is -2.40. The molecule has 0 radical (unpaired) electrons. The van der Waals surface area contributed by atoms with Gasteiger partial charge in [0.15, 0.2) is 5.71 Å². The van der Waals surface area contributed by atoms with E-state index in [1.807, 2.05) is 6.92 Å². The molecule has 0 aliphatic carbocycles. The van der Waals surface area contributed by atoms with E-state index in [-0.39, 0.29) is 10.6 Å². The molecule has 2 heterocycles. The van der Waals surface area contributed by atoms with Gasteiger partial charge in [0.1, 0.15) is 18.9 Å². The second-order valence-corrected chi connectivity index (χ2v) is 11.5. The van der Waals surface area contributed by atoms with E-state index in [0.717, 1.165) is 29.5 Å². The van der Waals surface area contributed by atoms with Crippen LogP contribution in [0.3, 0.4) is 0 Å². The average Bonchev–Trinajstić information content (AvgIpc) is 3.31. The number of nitrogens with zero attached hydrogens (tertiary/aromatic N) is 3. The number of benzene rings is 3. The zero-order chi connectivity index (χ0) is 28.8. The molecule has 11 nitrogen and oxygen atoms in total. The third-order valence-electron chi connectivity index (χ3n) is 6.74. The molecule has 3 aromatic rings. The van der Waals surface area contributed by atoms with Gasteiger partial charge in [-0.3, -0.25) is 18.8 Å². The highest BCUT2D eigenvalue weighted by atomic mass is 32.2. The highest BCUT2D eigenvalue weighted by Crippen LogP contribution is 2.26. The Morgan fingerprint density at radius 3 is 2.49 bits per heavy atom. The fraction of sp³-hybridized carbons (Fsp3) is 0.276. The van der Waals surface area contributed by atoms with Crippen LogP contribution in [0.4, 0.5) is 11.4 Å². The smallest absolute Gasteiger partial charge is 0.276 e. The summed E-state index contributed by atoms with van der Waals surface area (Å²) in [4.78, 5) is 27.5. The summed E-state index contributed by atoms with van der Waals surface area (Å²) in [5.74, 6) is -0.619. The molecule has 5 rings (SSSR count). The van der Waals surface area contributed by atoms with Gasteiger partial charge in [0, 0.05) is 25.2 Å². The first-order valence-electron chi connectivity index (χ1n) is 13.2. The van der Waals surface area contributed by atoms with Gasteiger partial charge in [0.2, 0.25) is 0 Å². The summed E-state index contributed by atoms with van der Waals surface area (Å²) in [6.45, 7) is 5.67. The van der Waals surface area contributed by atoms with E-state index in [9.17, 15) is 18.0 Å². The predicted molar refractivity (Wildman–Crippen MR) is 155 cm³/mol. The molecule has 0 unspecified atom stereocenters. The number of hydrogen-bond acceptors (Lipinski definition) is 8. The maximum absolute atomic E-state index is 13.7. The summed E-state index contributed by atoms with van der Waals surface area (Å²) in [6.07, 6.45) is 0. The van der Waals surface area contributed by atoms with Gasteiger partial charge in [-0.1, -0.05) is 35.9 Å². The molecule has 0 saturated carbocycles. The first kappa shape index (κ1) is 28.3. The number of para-hydroxylation sites is 1. The van der Waals surface area contributed by atoms with Crippen LogP contribution in [0.2, 0.25) is 0 Å². The molecule has 0 atom stereocenters. The summed E-state index contributed by atoms with van der Waals surface area (Å²) < 4.78 is 39.7. The Hall–Kier alpha value is -4.26. The Bertz CT molecular complexity index is 1530. The lowest BCUT2D eigenvalue weighted by atomic mass is 10.1. The molecule has 1 fully saturated rings. The fourth-order valence-corrected chi connectivity index (χ4v) is 5.90. The van der Waals surface area contributed by atoms with E-state index in [4.69, 9.17) is 9.47 Å². The second kappa shape index (κ2) is 12.5. The monoisotopic (exact) mass is 577 g/mol. The Kier molecular flexibility index (Phi) is 8.62. The molecule has 214 valence electrons. The maximum atomic E-state index is 13.7. The van der Waals surface area contributed by atoms with Crippen molar-refractivity contribution in [1.82, 2.24) is 10.3 Å². The zero-order valence-corrected chi connectivity index (χ0v) is 23.4. The largest absolute Gasteiger partial charge is 0.492 e. The third kappa shape index (κ3) is 6.73. The minimum absolute atomic E-state index is 0.00168. The molecule has 3 aromatic carbocycles.